The summed E-state index contributed by atoms with van der Waals surface area (Å²) in [4.78, 5) is 2.41. The highest BCUT2D eigenvalue weighted by molar-refractivity contribution is 7.98. The van der Waals surface area contributed by atoms with Crippen LogP contribution >= 0.6 is 11.8 Å². The first-order chi connectivity index (χ1) is 7.85. The van der Waals surface area contributed by atoms with Gasteiger partial charge in [-0.05, 0) is 50.8 Å². The Hall–Kier alpha value is 0.270. The van der Waals surface area contributed by atoms with Crippen molar-refractivity contribution in [3.8, 4) is 0 Å². The molecule has 0 amide bonds. The van der Waals surface area contributed by atoms with Gasteiger partial charge in [-0.25, -0.2) is 0 Å². The largest absolute Gasteiger partial charge is 0.393 e. The average molecular weight is 259 g/mol. The molecule has 0 aliphatic heterocycles. The lowest BCUT2D eigenvalue weighted by atomic mass is 9.70. The summed E-state index contributed by atoms with van der Waals surface area (Å²) in [5, 5.41) is 10.1. The van der Waals surface area contributed by atoms with Crippen LogP contribution in [0.15, 0.2) is 0 Å². The molecule has 3 unspecified atom stereocenters. The summed E-state index contributed by atoms with van der Waals surface area (Å²) in [6, 6.07) is 0.599. The van der Waals surface area contributed by atoms with Gasteiger partial charge in [0.2, 0.25) is 0 Å². The summed E-state index contributed by atoms with van der Waals surface area (Å²) in [6.45, 7) is 7.97. The fourth-order valence-electron chi connectivity index (χ4n) is 2.83. The van der Waals surface area contributed by atoms with Gasteiger partial charge in [-0.15, -0.1) is 0 Å². The fraction of sp³-hybridized carbons (Fsp3) is 1.00. The quantitative estimate of drug-likeness (QED) is 0.821. The maximum Gasteiger partial charge on any atom is 0.0581 e. The van der Waals surface area contributed by atoms with Crippen molar-refractivity contribution in [2.75, 3.05) is 25.6 Å². The van der Waals surface area contributed by atoms with Gasteiger partial charge in [0.05, 0.1) is 6.10 Å². The second kappa shape index (κ2) is 6.44. The Labute approximate surface area is 111 Å². The molecule has 102 valence electrons. The summed E-state index contributed by atoms with van der Waals surface area (Å²) in [5.74, 6) is 1.62. The second-order valence-corrected chi connectivity index (χ2v) is 7.39. The van der Waals surface area contributed by atoms with Gasteiger partial charge in [-0.3, -0.25) is 0 Å². The molecule has 1 aliphatic carbocycles. The summed E-state index contributed by atoms with van der Waals surface area (Å²) < 4.78 is 0. The van der Waals surface area contributed by atoms with Gasteiger partial charge in [0, 0.05) is 18.3 Å². The summed E-state index contributed by atoms with van der Waals surface area (Å²) >= 11 is 1.90. The van der Waals surface area contributed by atoms with E-state index in [-0.39, 0.29) is 6.10 Å². The van der Waals surface area contributed by atoms with Crippen molar-refractivity contribution in [3.05, 3.63) is 0 Å². The van der Waals surface area contributed by atoms with E-state index in [4.69, 9.17) is 0 Å². The molecule has 0 aromatic rings. The number of rotatable bonds is 5. The van der Waals surface area contributed by atoms with E-state index >= 15 is 0 Å². The molecule has 17 heavy (non-hydrogen) atoms. The lowest BCUT2D eigenvalue weighted by Gasteiger charge is -2.41. The van der Waals surface area contributed by atoms with Gasteiger partial charge in [0.15, 0.2) is 0 Å². The number of aliphatic hydroxyl groups is 1. The van der Waals surface area contributed by atoms with Crippen LogP contribution in [0.2, 0.25) is 0 Å². The smallest absolute Gasteiger partial charge is 0.0581 e. The van der Waals surface area contributed by atoms with Gasteiger partial charge in [-0.2, -0.15) is 11.8 Å². The number of nitrogens with zero attached hydrogens (tertiary/aromatic N) is 1. The predicted octanol–water partition coefficient (Wildman–Crippen LogP) is 2.86. The van der Waals surface area contributed by atoms with Crippen molar-refractivity contribution in [3.63, 3.8) is 0 Å². The van der Waals surface area contributed by atoms with Gasteiger partial charge in [0.25, 0.3) is 0 Å². The zero-order valence-corrected chi connectivity index (χ0v) is 12.9. The Morgan fingerprint density at radius 2 is 2.12 bits per heavy atom. The second-order valence-electron chi connectivity index (χ2n) is 6.48. The lowest BCUT2D eigenvalue weighted by Crippen LogP contribution is -2.43. The van der Waals surface area contributed by atoms with Crippen molar-refractivity contribution in [2.45, 2.75) is 52.2 Å². The Bertz CT molecular complexity index is 232. The van der Waals surface area contributed by atoms with E-state index in [0.29, 0.717) is 17.4 Å². The Morgan fingerprint density at radius 3 is 2.71 bits per heavy atom. The normalized spacial score (nSPS) is 30.5. The topological polar surface area (TPSA) is 23.5 Å². The molecule has 1 rings (SSSR count). The van der Waals surface area contributed by atoms with Crippen LogP contribution in [0.1, 0.15) is 40.0 Å². The first-order valence-electron chi connectivity index (χ1n) is 6.73. The van der Waals surface area contributed by atoms with Crippen molar-refractivity contribution in [2.24, 2.45) is 11.3 Å². The van der Waals surface area contributed by atoms with E-state index in [1.807, 2.05) is 11.8 Å². The molecule has 0 heterocycles. The molecule has 3 atom stereocenters. The molecule has 0 bridgehead atoms. The zero-order valence-electron chi connectivity index (χ0n) is 12.1. The van der Waals surface area contributed by atoms with Gasteiger partial charge >= 0.3 is 0 Å². The molecule has 1 aliphatic rings. The molecule has 3 heteroatoms. The first kappa shape index (κ1) is 15.3. The Kier molecular flexibility index (Phi) is 5.81. The van der Waals surface area contributed by atoms with Crippen molar-refractivity contribution >= 4 is 11.8 Å². The molecule has 2 nitrogen and oxygen atoms in total. The van der Waals surface area contributed by atoms with E-state index < -0.39 is 0 Å². The molecule has 0 saturated heterocycles. The van der Waals surface area contributed by atoms with Crippen LogP contribution in [0.4, 0.5) is 0 Å². The average Bonchev–Trinajstić information content (AvgIpc) is 2.23. The minimum absolute atomic E-state index is 0.0908. The first-order valence-corrected chi connectivity index (χ1v) is 8.12. The monoisotopic (exact) mass is 259 g/mol. The van der Waals surface area contributed by atoms with E-state index in [2.05, 4.69) is 39.0 Å². The highest BCUT2D eigenvalue weighted by Gasteiger charge is 2.34. The van der Waals surface area contributed by atoms with Crippen molar-refractivity contribution in [1.29, 1.82) is 0 Å². The number of thioether (sulfide) groups is 1. The highest BCUT2D eigenvalue weighted by atomic mass is 32.2. The van der Waals surface area contributed by atoms with Crippen LogP contribution in [0.25, 0.3) is 0 Å². The van der Waals surface area contributed by atoms with Gasteiger partial charge in [-0.1, -0.05) is 13.8 Å². The maximum atomic E-state index is 10.1. The van der Waals surface area contributed by atoms with Crippen LogP contribution in [-0.2, 0) is 0 Å². The van der Waals surface area contributed by atoms with Gasteiger partial charge < -0.3 is 10.0 Å². The standard InChI is InChI=1S/C14H29NOS/c1-11(10-17-5)15(4)9-12-8-14(2,3)7-6-13(12)16/h11-13,16H,6-10H2,1-5H3. The van der Waals surface area contributed by atoms with Crippen LogP contribution in [0.5, 0.6) is 0 Å². The van der Waals surface area contributed by atoms with Crippen molar-refractivity contribution in [1.82, 2.24) is 4.90 Å². The third-order valence-corrected chi connectivity index (χ3v) is 4.97. The minimum Gasteiger partial charge on any atom is -0.393 e. The minimum atomic E-state index is -0.0908. The van der Waals surface area contributed by atoms with Crippen LogP contribution < -0.4 is 0 Å². The molecule has 0 aromatic heterocycles. The third-order valence-electron chi connectivity index (χ3n) is 4.16. The van der Waals surface area contributed by atoms with E-state index in [1.165, 1.54) is 5.75 Å². The highest BCUT2D eigenvalue weighted by Crippen LogP contribution is 2.39. The lowest BCUT2D eigenvalue weighted by molar-refractivity contribution is 0.00429. The molecule has 0 radical (unpaired) electrons. The zero-order chi connectivity index (χ0) is 13.1. The summed E-state index contributed by atoms with van der Waals surface area (Å²) in [7, 11) is 2.19. The number of aliphatic hydroxyl groups excluding tert-OH is 1. The van der Waals surface area contributed by atoms with Crippen LogP contribution in [-0.4, -0.2) is 47.8 Å². The Morgan fingerprint density at radius 1 is 1.47 bits per heavy atom. The molecule has 1 fully saturated rings. The van der Waals surface area contributed by atoms with E-state index in [0.717, 1.165) is 25.8 Å². The van der Waals surface area contributed by atoms with E-state index in [9.17, 15) is 5.11 Å². The fourth-order valence-corrected chi connectivity index (χ4v) is 3.56. The van der Waals surface area contributed by atoms with E-state index in [1.54, 1.807) is 0 Å². The maximum absolute atomic E-state index is 10.1. The van der Waals surface area contributed by atoms with Crippen LogP contribution in [0, 0.1) is 11.3 Å². The predicted molar refractivity (Wildman–Crippen MR) is 77.6 cm³/mol. The molecule has 0 aromatic carbocycles. The van der Waals surface area contributed by atoms with Crippen molar-refractivity contribution < 1.29 is 5.11 Å². The molecule has 1 N–H and O–H groups in total. The number of hydrogen-bond donors (Lipinski definition) is 1. The van der Waals surface area contributed by atoms with Crippen LogP contribution in [0.3, 0.4) is 0 Å². The molecule has 1 saturated carbocycles. The summed E-state index contributed by atoms with van der Waals surface area (Å²) in [5.41, 5.74) is 0.410. The third kappa shape index (κ3) is 4.80. The Balaban J connectivity index is 2.48. The SMILES string of the molecule is CSCC(C)N(C)CC1CC(C)(C)CCC1O. The van der Waals surface area contributed by atoms with Gasteiger partial charge in [0.1, 0.15) is 0 Å². The summed E-state index contributed by atoms with van der Waals surface area (Å²) in [6.07, 6.45) is 5.36. The molecular formula is C14H29NOS. The number of hydrogen-bond acceptors (Lipinski definition) is 3. The molecular weight excluding hydrogens is 230 g/mol. The molecule has 0 spiro atoms.